The zero-order chi connectivity index (χ0) is 15.0. The van der Waals surface area contributed by atoms with Crippen molar-refractivity contribution in [2.24, 2.45) is 0 Å². The number of benzene rings is 1. The molecule has 0 unspecified atom stereocenters. The van der Waals surface area contributed by atoms with Crippen LogP contribution in [0.4, 0.5) is 5.69 Å². The fraction of sp³-hybridized carbons (Fsp3) is 0.200. The van der Waals surface area contributed by atoms with Gasteiger partial charge in [-0.3, -0.25) is 4.57 Å². The van der Waals surface area contributed by atoms with Crippen molar-refractivity contribution >= 4 is 29.1 Å². The molecule has 0 atom stereocenters. The molecule has 1 aromatic carbocycles. The molecule has 1 N–H and O–H groups in total. The third-order valence-corrected chi connectivity index (χ3v) is 3.62. The lowest BCUT2D eigenvalue weighted by molar-refractivity contribution is 0.399. The first-order chi connectivity index (χ1) is 10.1. The highest BCUT2D eigenvalue weighted by molar-refractivity contribution is 7.71. The topological polar surface area (TPSA) is 46.1 Å². The lowest BCUT2D eigenvalue weighted by Gasteiger charge is -2.13. The summed E-state index contributed by atoms with van der Waals surface area (Å²) in [6.45, 7) is 0. The van der Waals surface area contributed by atoms with Crippen molar-refractivity contribution in [3.8, 4) is 11.6 Å². The van der Waals surface area contributed by atoms with Crippen LogP contribution >= 0.6 is 12.2 Å². The van der Waals surface area contributed by atoms with E-state index in [0.717, 1.165) is 22.5 Å². The van der Waals surface area contributed by atoms with Gasteiger partial charge >= 0.3 is 0 Å². The van der Waals surface area contributed by atoms with Gasteiger partial charge in [-0.2, -0.15) is 4.98 Å². The van der Waals surface area contributed by atoms with Crippen LogP contribution in [0.5, 0.6) is 5.88 Å². The van der Waals surface area contributed by atoms with Crippen LogP contribution in [-0.4, -0.2) is 35.7 Å². The van der Waals surface area contributed by atoms with Gasteiger partial charge in [-0.1, -0.05) is 0 Å². The number of hydrogen-bond acceptors (Lipinski definition) is 4. The van der Waals surface area contributed by atoms with Crippen LogP contribution < -0.4 is 9.64 Å². The van der Waals surface area contributed by atoms with E-state index in [1.54, 1.807) is 7.11 Å². The number of methoxy groups -OCH3 is 1. The molecular formula is C15H16N4OS. The molecule has 0 radical (unpaired) electrons. The Bertz CT molecular complexity index is 833. The number of fused-ring (bicyclic) bond motifs is 1. The Kier molecular flexibility index (Phi) is 3.39. The summed E-state index contributed by atoms with van der Waals surface area (Å²) in [7, 11) is 5.63. The number of aromatic amines is 1. The molecule has 0 saturated heterocycles. The number of pyridine rings is 1. The molecule has 0 aliphatic heterocycles. The van der Waals surface area contributed by atoms with Gasteiger partial charge in [0, 0.05) is 25.8 Å². The maximum Gasteiger partial charge on any atom is 0.215 e. The van der Waals surface area contributed by atoms with Crippen molar-refractivity contribution < 1.29 is 4.74 Å². The van der Waals surface area contributed by atoms with Crippen LogP contribution in [0.15, 0.2) is 36.4 Å². The monoisotopic (exact) mass is 300 g/mol. The van der Waals surface area contributed by atoms with E-state index >= 15 is 0 Å². The van der Waals surface area contributed by atoms with Crippen molar-refractivity contribution in [1.29, 1.82) is 0 Å². The quantitative estimate of drug-likeness (QED) is 0.755. The average Bonchev–Trinajstić information content (AvgIpc) is 2.82. The number of anilines is 1. The highest BCUT2D eigenvalue weighted by Crippen LogP contribution is 2.22. The Morgan fingerprint density at radius 1 is 1.14 bits per heavy atom. The minimum absolute atomic E-state index is 0.565. The largest absolute Gasteiger partial charge is 0.481 e. The van der Waals surface area contributed by atoms with Crippen LogP contribution in [-0.2, 0) is 0 Å². The summed E-state index contributed by atoms with van der Waals surface area (Å²) in [6, 6.07) is 11.9. The normalized spacial score (nSPS) is 10.8. The van der Waals surface area contributed by atoms with Gasteiger partial charge in [-0.15, -0.1) is 0 Å². The second-order valence-electron chi connectivity index (χ2n) is 4.90. The van der Waals surface area contributed by atoms with Crippen molar-refractivity contribution in [3.05, 3.63) is 41.2 Å². The van der Waals surface area contributed by atoms with Crippen molar-refractivity contribution in [2.45, 2.75) is 0 Å². The Morgan fingerprint density at radius 2 is 1.86 bits per heavy atom. The van der Waals surface area contributed by atoms with E-state index in [0.29, 0.717) is 10.7 Å². The van der Waals surface area contributed by atoms with Gasteiger partial charge in [-0.25, -0.2) is 0 Å². The number of hydrogen-bond donors (Lipinski definition) is 1. The fourth-order valence-corrected chi connectivity index (χ4v) is 2.52. The van der Waals surface area contributed by atoms with E-state index in [1.807, 2.05) is 42.9 Å². The van der Waals surface area contributed by atoms with E-state index in [1.165, 1.54) is 0 Å². The van der Waals surface area contributed by atoms with Gasteiger partial charge < -0.3 is 14.6 Å². The number of nitrogens with zero attached hydrogens (tertiary/aromatic N) is 3. The van der Waals surface area contributed by atoms with Crippen molar-refractivity contribution in [3.63, 3.8) is 0 Å². The SMILES string of the molecule is COc1ccc2[nH]c(=S)n(-c3ccc(N(C)C)cc3)c2n1. The molecule has 0 aliphatic rings. The minimum atomic E-state index is 0.565. The molecule has 2 aromatic heterocycles. The molecule has 0 bridgehead atoms. The van der Waals surface area contributed by atoms with Crippen molar-refractivity contribution in [2.75, 3.05) is 26.1 Å². The van der Waals surface area contributed by atoms with Crippen LogP contribution in [0.1, 0.15) is 0 Å². The first-order valence-corrected chi connectivity index (χ1v) is 6.94. The van der Waals surface area contributed by atoms with Gasteiger partial charge in [0.2, 0.25) is 5.88 Å². The number of nitrogens with one attached hydrogen (secondary N) is 1. The van der Waals surface area contributed by atoms with Gasteiger partial charge in [0.05, 0.1) is 18.3 Å². The zero-order valence-corrected chi connectivity index (χ0v) is 12.9. The van der Waals surface area contributed by atoms with E-state index in [4.69, 9.17) is 17.0 Å². The molecule has 3 rings (SSSR count). The predicted molar refractivity (Wildman–Crippen MR) is 87.1 cm³/mol. The predicted octanol–water partition coefficient (Wildman–Crippen LogP) is 3.16. The molecule has 5 nitrogen and oxygen atoms in total. The highest BCUT2D eigenvalue weighted by atomic mass is 32.1. The van der Waals surface area contributed by atoms with E-state index in [2.05, 4.69) is 27.0 Å². The third-order valence-electron chi connectivity index (χ3n) is 3.34. The number of H-pyrrole nitrogens is 1. The third kappa shape index (κ3) is 2.38. The lowest BCUT2D eigenvalue weighted by atomic mass is 10.2. The smallest absolute Gasteiger partial charge is 0.215 e. The van der Waals surface area contributed by atoms with Crippen LogP contribution in [0.3, 0.4) is 0 Å². The molecule has 0 fully saturated rings. The molecule has 21 heavy (non-hydrogen) atoms. The molecule has 108 valence electrons. The molecule has 3 aromatic rings. The molecule has 0 spiro atoms. The number of imidazole rings is 1. The highest BCUT2D eigenvalue weighted by Gasteiger charge is 2.09. The first-order valence-electron chi connectivity index (χ1n) is 6.53. The number of aromatic nitrogens is 3. The maximum absolute atomic E-state index is 5.42. The van der Waals surface area contributed by atoms with Crippen LogP contribution in [0.2, 0.25) is 0 Å². The summed E-state index contributed by atoms with van der Waals surface area (Å²) in [6.07, 6.45) is 0. The second kappa shape index (κ2) is 5.21. The molecule has 2 heterocycles. The Hall–Kier alpha value is -2.34. The second-order valence-corrected chi connectivity index (χ2v) is 5.29. The van der Waals surface area contributed by atoms with E-state index in [-0.39, 0.29) is 0 Å². The Morgan fingerprint density at radius 3 is 2.48 bits per heavy atom. The summed E-state index contributed by atoms with van der Waals surface area (Å²) in [4.78, 5) is 9.70. The summed E-state index contributed by atoms with van der Waals surface area (Å²) in [5.41, 5.74) is 3.75. The minimum Gasteiger partial charge on any atom is -0.481 e. The standard InChI is InChI=1S/C15H16N4OS/c1-18(2)10-4-6-11(7-5-10)19-14-12(16-15(19)21)8-9-13(17-14)20-3/h4-9H,1-3H3,(H,16,21). The molecule has 0 saturated carbocycles. The lowest BCUT2D eigenvalue weighted by Crippen LogP contribution is -2.08. The summed E-state index contributed by atoms with van der Waals surface area (Å²) in [5, 5.41) is 0. The molecular weight excluding hydrogens is 284 g/mol. The van der Waals surface area contributed by atoms with Gasteiger partial charge in [0.1, 0.15) is 0 Å². The average molecular weight is 300 g/mol. The van der Waals surface area contributed by atoms with Gasteiger partial charge in [0.15, 0.2) is 10.4 Å². The molecule has 0 amide bonds. The zero-order valence-electron chi connectivity index (χ0n) is 12.1. The summed E-state index contributed by atoms with van der Waals surface area (Å²) < 4.78 is 7.72. The van der Waals surface area contributed by atoms with E-state index in [9.17, 15) is 0 Å². The van der Waals surface area contributed by atoms with Gasteiger partial charge in [-0.05, 0) is 42.5 Å². The van der Waals surface area contributed by atoms with Gasteiger partial charge in [0.25, 0.3) is 0 Å². The summed E-state index contributed by atoms with van der Waals surface area (Å²) >= 11 is 5.42. The van der Waals surface area contributed by atoms with Crippen LogP contribution in [0, 0.1) is 4.77 Å². The number of ether oxygens (including phenoxy) is 1. The molecule has 0 aliphatic carbocycles. The summed E-state index contributed by atoms with van der Waals surface area (Å²) in [5.74, 6) is 0.565. The Balaban J connectivity index is 2.19. The fourth-order valence-electron chi connectivity index (χ4n) is 2.22. The van der Waals surface area contributed by atoms with Crippen molar-refractivity contribution in [1.82, 2.24) is 14.5 Å². The Labute approximate surface area is 127 Å². The molecule has 6 heteroatoms. The number of rotatable bonds is 3. The van der Waals surface area contributed by atoms with Crippen LogP contribution in [0.25, 0.3) is 16.9 Å². The van der Waals surface area contributed by atoms with E-state index < -0.39 is 0 Å². The maximum atomic E-state index is 5.42. The first kappa shape index (κ1) is 13.6.